The summed E-state index contributed by atoms with van der Waals surface area (Å²) in [4.78, 5) is 4.90. The minimum Gasteiger partial charge on any atom is -0.501 e. The van der Waals surface area contributed by atoms with Crippen molar-refractivity contribution in [2.45, 2.75) is 47.0 Å². The SMILES string of the molecule is C=CC=C(/C(C)=C/C=C\C=C)C(/C(C)=N\C(=C)NC1=C(C/C=C\c2cn(-c3ccccc3)c(/C=C\C=C)c2C)CCC=C1)=C(/C)OC. The van der Waals surface area contributed by atoms with Crippen LogP contribution in [-0.4, -0.2) is 17.4 Å². The Kier molecular flexibility index (Phi) is 14.3. The number of hydrogen-bond donors (Lipinski definition) is 1. The second-order valence-corrected chi connectivity index (χ2v) is 11.2. The van der Waals surface area contributed by atoms with Crippen LogP contribution in [0.25, 0.3) is 17.8 Å². The smallest absolute Gasteiger partial charge is 0.123 e. The van der Waals surface area contributed by atoms with Crippen LogP contribution in [0.2, 0.25) is 0 Å². The Balaban J connectivity index is 1.88. The van der Waals surface area contributed by atoms with Gasteiger partial charge in [0, 0.05) is 28.8 Å². The molecule has 1 heterocycles. The third-order valence-electron chi connectivity index (χ3n) is 7.88. The van der Waals surface area contributed by atoms with Gasteiger partial charge in [-0.15, -0.1) is 0 Å². The van der Waals surface area contributed by atoms with E-state index in [1.807, 2.05) is 56.4 Å². The molecule has 0 unspecified atom stereocenters. The number of nitrogens with zero attached hydrogens (tertiary/aromatic N) is 2. The van der Waals surface area contributed by atoms with Crippen molar-refractivity contribution in [1.82, 2.24) is 9.88 Å². The highest BCUT2D eigenvalue weighted by Gasteiger charge is 2.16. The number of para-hydroxylation sites is 1. The van der Waals surface area contributed by atoms with Crippen molar-refractivity contribution in [1.29, 1.82) is 0 Å². The maximum Gasteiger partial charge on any atom is 0.123 e. The molecule has 0 bridgehead atoms. The molecule has 0 saturated carbocycles. The van der Waals surface area contributed by atoms with E-state index in [0.717, 1.165) is 64.5 Å². The van der Waals surface area contributed by atoms with Gasteiger partial charge in [-0.3, -0.25) is 0 Å². The molecule has 47 heavy (non-hydrogen) atoms. The Morgan fingerprint density at radius 3 is 2.40 bits per heavy atom. The van der Waals surface area contributed by atoms with Crippen molar-refractivity contribution in [3.05, 3.63) is 186 Å². The average molecular weight is 624 g/mol. The highest BCUT2D eigenvalue weighted by molar-refractivity contribution is 6.04. The van der Waals surface area contributed by atoms with Gasteiger partial charge in [-0.1, -0.05) is 111 Å². The van der Waals surface area contributed by atoms with Gasteiger partial charge in [0.05, 0.1) is 12.8 Å². The van der Waals surface area contributed by atoms with Crippen LogP contribution in [0.5, 0.6) is 0 Å². The minimum atomic E-state index is 0.563. The molecule has 3 rings (SSSR count). The van der Waals surface area contributed by atoms with Crippen molar-refractivity contribution in [2.24, 2.45) is 4.99 Å². The maximum absolute atomic E-state index is 5.70. The molecule has 0 saturated heterocycles. The van der Waals surface area contributed by atoms with E-state index in [9.17, 15) is 0 Å². The largest absolute Gasteiger partial charge is 0.501 e. The first-order chi connectivity index (χ1) is 22.7. The summed E-state index contributed by atoms with van der Waals surface area (Å²) in [6.45, 7) is 24.0. The summed E-state index contributed by atoms with van der Waals surface area (Å²) in [5, 5.41) is 3.49. The lowest BCUT2D eigenvalue weighted by molar-refractivity contribution is 0.291. The number of allylic oxidation sites excluding steroid dienone is 16. The molecule has 4 nitrogen and oxygen atoms in total. The zero-order valence-electron chi connectivity index (χ0n) is 28.7. The van der Waals surface area contributed by atoms with Crippen molar-refractivity contribution in [3.8, 4) is 5.69 Å². The van der Waals surface area contributed by atoms with E-state index in [4.69, 9.17) is 9.73 Å². The van der Waals surface area contributed by atoms with Crippen LogP contribution in [-0.2, 0) is 4.74 Å². The lowest BCUT2D eigenvalue weighted by Gasteiger charge is -2.19. The number of ether oxygens (including phenoxy) is 1. The quantitative estimate of drug-likeness (QED) is 0.115. The van der Waals surface area contributed by atoms with Crippen LogP contribution in [0, 0.1) is 6.92 Å². The second kappa shape index (κ2) is 18.6. The van der Waals surface area contributed by atoms with Gasteiger partial charge in [0.1, 0.15) is 11.6 Å². The van der Waals surface area contributed by atoms with Gasteiger partial charge in [0.25, 0.3) is 0 Å². The van der Waals surface area contributed by atoms with Gasteiger partial charge in [-0.2, -0.15) is 0 Å². The zero-order chi connectivity index (χ0) is 34.2. The summed E-state index contributed by atoms with van der Waals surface area (Å²) < 4.78 is 7.93. The molecule has 0 spiro atoms. The Labute approximate surface area is 282 Å². The third-order valence-corrected chi connectivity index (χ3v) is 7.88. The van der Waals surface area contributed by atoms with Crippen molar-refractivity contribution in [2.75, 3.05) is 7.11 Å². The Bertz CT molecular complexity index is 1740. The fraction of sp³-hybridized carbons (Fsp3) is 0.186. The van der Waals surface area contributed by atoms with E-state index < -0.39 is 0 Å². The summed E-state index contributed by atoms with van der Waals surface area (Å²) in [5.74, 6) is 1.32. The molecule has 0 atom stereocenters. The lowest BCUT2D eigenvalue weighted by Crippen LogP contribution is -2.15. The molecule has 0 aliphatic heterocycles. The van der Waals surface area contributed by atoms with Crippen molar-refractivity contribution >= 4 is 17.9 Å². The van der Waals surface area contributed by atoms with E-state index in [-0.39, 0.29) is 0 Å². The Hall–Kier alpha value is -5.35. The first kappa shape index (κ1) is 36.1. The van der Waals surface area contributed by atoms with Gasteiger partial charge in [0.2, 0.25) is 0 Å². The molecular formula is C43H49N3O. The number of benzene rings is 1. The summed E-state index contributed by atoms with van der Waals surface area (Å²) >= 11 is 0. The molecule has 1 aromatic carbocycles. The topological polar surface area (TPSA) is 38.5 Å². The van der Waals surface area contributed by atoms with Crippen LogP contribution < -0.4 is 5.32 Å². The maximum atomic E-state index is 5.70. The van der Waals surface area contributed by atoms with Gasteiger partial charge >= 0.3 is 0 Å². The summed E-state index contributed by atoms with van der Waals surface area (Å²) in [6.07, 6.45) is 31.1. The van der Waals surface area contributed by atoms with Gasteiger partial charge in [-0.25, -0.2) is 4.99 Å². The monoisotopic (exact) mass is 623 g/mol. The molecular weight excluding hydrogens is 574 g/mol. The first-order valence-electron chi connectivity index (χ1n) is 15.9. The second-order valence-electron chi connectivity index (χ2n) is 11.2. The van der Waals surface area contributed by atoms with Gasteiger partial charge < -0.3 is 14.6 Å². The fourth-order valence-corrected chi connectivity index (χ4v) is 5.43. The predicted octanol–water partition coefficient (Wildman–Crippen LogP) is 11.2. The molecule has 242 valence electrons. The van der Waals surface area contributed by atoms with E-state index in [1.54, 1.807) is 19.3 Å². The Morgan fingerprint density at radius 2 is 1.72 bits per heavy atom. The van der Waals surface area contributed by atoms with E-state index in [2.05, 4.69) is 111 Å². The lowest BCUT2D eigenvalue weighted by atomic mass is 9.93. The van der Waals surface area contributed by atoms with Crippen LogP contribution in [0.3, 0.4) is 0 Å². The molecule has 1 aliphatic carbocycles. The molecule has 1 aromatic heterocycles. The third kappa shape index (κ3) is 10.1. The van der Waals surface area contributed by atoms with E-state index in [1.165, 1.54) is 16.7 Å². The van der Waals surface area contributed by atoms with Crippen LogP contribution >= 0.6 is 0 Å². The highest BCUT2D eigenvalue weighted by Crippen LogP contribution is 2.28. The van der Waals surface area contributed by atoms with E-state index >= 15 is 0 Å². The molecule has 2 aromatic rings. The molecule has 0 fully saturated rings. The molecule has 1 aliphatic rings. The van der Waals surface area contributed by atoms with Crippen LogP contribution in [0.15, 0.2) is 174 Å². The number of aliphatic imine (C=N–C) groups is 1. The standard InChI is InChI=1S/C43H49N3O/c1-10-13-16-23-32(4)40(22-12-3)43(35(7)47-9)34(6)44-36(8)45-41-29-20-19-24-37(41)25-21-26-38-31-46(39-27-17-15-18-28-39)42(33(38)5)30-14-11-2/h10-18,20-23,26-31,45H,1-3,8,19,24-25H2,4-7,9H3/b16-13-,26-21-,30-14-,32-23+,40-22?,43-35-,44-34-. The normalized spacial score (nSPS) is 15.0. The number of hydrogen-bond acceptors (Lipinski definition) is 3. The number of aromatic nitrogens is 1. The molecule has 0 radical (unpaired) electrons. The zero-order valence-corrected chi connectivity index (χ0v) is 28.7. The number of methoxy groups -OCH3 is 1. The summed E-state index contributed by atoms with van der Waals surface area (Å²) in [5.41, 5.74) is 10.7. The van der Waals surface area contributed by atoms with Crippen LogP contribution in [0.1, 0.15) is 56.9 Å². The summed E-state index contributed by atoms with van der Waals surface area (Å²) in [6, 6.07) is 10.4. The average Bonchev–Trinajstić information content (AvgIpc) is 3.38. The molecule has 1 N–H and O–H groups in total. The van der Waals surface area contributed by atoms with E-state index in [0.29, 0.717) is 5.82 Å². The highest BCUT2D eigenvalue weighted by atomic mass is 16.5. The first-order valence-corrected chi connectivity index (χ1v) is 15.9. The minimum absolute atomic E-state index is 0.563. The molecule has 4 heteroatoms. The van der Waals surface area contributed by atoms with Crippen LogP contribution in [0.4, 0.5) is 0 Å². The van der Waals surface area contributed by atoms with Gasteiger partial charge in [0.15, 0.2) is 0 Å². The number of nitrogens with one attached hydrogen (secondary N) is 1. The predicted molar refractivity (Wildman–Crippen MR) is 205 cm³/mol. The molecule has 0 amide bonds. The van der Waals surface area contributed by atoms with Crippen molar-refractivity contribution in [3.63, 3.8) is 0 Å². The summed E-state index contributed by atoms with van der Waals surface area (Å²) in [7, 11) is 1.67. The Morgan fingerprint density at radius 1 is 0.979 bits per heavy atom. The van der Waals surface area contributed by atoms with Gasteiger partial charge in [-0.05, 0) is 99.1 Å². The fourth-order valence-electron chi connectivity index (χ4n) is 5.43. The number of rotatable bonds is 16. The van der Waals surface area contributed by atoms with Crippen molar-refractivity contribution < 1.29 is 4.74 Å².